The van der Waals surface area contributed by atoms with E-state index in [1.807, 2.05) is 32.3 Å². The van der Waals surface area contributed by atoms with E-state index in [1.54, 1.807) is 24.7 Å². The number of nitrogens with one attached hydrogen (secondary N) is 1. The van der Waals surface area contributed by atoms with E-state index >= 15 is 0 Å². The molecule has 0 aliphatic rings. The first-order chi connectivity index (χ1) is 15.7. The number of hydrogen-bond donors (Lipinski definition) is 2. The monoisotopic (exact) mass is 447 g/mol. The van der Waals surface area contributed by atoms with Crippen molar-refractivity contribution < 1.29 is 9.59 Å². The highest BCUT2D eigenvalue weighted by Crippen LogP contribution is 2.26. The molecule has 4 rings (SSSR count). The summed E-state index contributed by atoms with van der Waals surface area (Å²) >= 11 is 0. The molecule has 0 fully saturated rings. The Hall–Kier alpha value is -4.15. The van der Waals surface area contributed by atoms with E-state index in [4.69, 9.17) is 5.73 Å². The second kappa shape index (κ2) is 8.77. The van der Waals surface area contributed by atoms with E-state index in [-0.39, 0.29) is 36.1 Å². The van der Waals surface area contributed by atoms with Crippen molar-refractivity contribution in [1.29, 1.82) is 0 Å². The fraction of sp³-hybridized carbons (Fsp3) is 0.318. The highest BCUT2D eigenvalue weighted by Gasteiger charge is 2.20. The Morgan fingerprint density at radius 1 is 1.12 bits per heavy atom. The zero-order valence-electron chi connectivity index (χ0n) is 18.9. The Balaban J connectivity index is 1.56. The fourth-order valence-corrected chi connectivity index (χ4v) is 3.41. The third-order valence-electron chi connectivity index (χ3n) is 5.13. The molecule has 4 aromatic rings. The average Bonchev–Trinajstić information content (AvgIpc) is 3.38. The number of carbonyl (C=O) groups excluding carboxylic acids is 2. The fourth-order valence-electron chi connectivity index (χ4n) is 3.41. The van der Waals surface area contributed by atoms with Gasteiger partial charge < -0.3 is 15.6 Å². The molecule has 0 atom stereocenters. The standard InChI is InChI=1S/C22H25N9O2/c1-12(2)18-10-30(29-28-18)11-19(32)26-15-5-14(6-24-7-15)20(33)17-9-31(13(3)4)21-16(17)8-25-22(23)27-21/h5-10,12-13H,11H2,1-4H3,(H,26,32)(H2,23,25,27). The number of hydrogen-bond acceptors (Lipinski definition) is 8. The van der Waals surface area contributed by atoms with Crippen molar-refractivity contribution in [1.82, 2.24) is 34.5 Å². The lowest BCUT2D eigenvalue weighted by Crippen LogP contribution is -2.19. The van der Waals surface area contributed by atoms with Crippen LogP contribution in [0.2, 0.25) is 0 Å². The van der Waals surface area contributed by atoms with Gasteiger partial charge in [-0.05, 0) is 25.8 Å². The molecule has 11 nitrogen and oxygen atoms in total. The average molecular weight is 448 g/mol. The molecule has 4 aromatic heterocycles. The minimum atomic E-state index is -0.304. The van der Waals surface area contributed by atoms with Gasteiger partial charge in [-0.2, -0.15) is 4.98 Å². The van der Waals surface area contributed by atoms with Crippen LogP contribution in [-0.4, -0.2) is 46.2 Å². The van der Waals surface area contributed by atoms with Crippen LogP contribution in [0.3, 0.4) is 0 Å². The van der Waals surface area contributed by atoms with Crippen molar-refractivity contribution >= 4 is 34.4 Å². The van der Waals surface area contributed by atoms with Crippen LogP contribution in [0.4, 0.5) is 11.6 Å². The molecule has 33 heavy (non-hydrogen) atoms. The van der Waals surface area contributed by atoms with Crippen molar-refractivity contribution in [2.24, 2.45) is 0 Å². The van der Waals surface area contributed by atoms with Crippen molar-refractivity contribution in [3.05, 3.63) is 53.9 Å². The van der Waals surface area contributed by atoms with E-state index in [2.05, 4.69) is 30.6 Å². The lowest BCUT2D eigenvalue weighted by Gasteiger charge is -2.07. The number of nitrogen functional groups attached to an aromatic ring is 1. The maximum Gasteiger partial charge on any atom is 0.246 e. The highest BCUT2D eigenvalue weighted by atomic mass is 16.2. The number of amides is 1. The van der Waals surface area contributed by atoms with Crippen molar-refractivity contribution in [3.63, 3.8) is 0 Å². The predicted molar refractivity (Wildman–Crippen MR) is 123 cm³/mol. The number of nitrogens with zero attached hydrogens (tertiary/aromatic N) is 7. The maximum absolute atomic E-state index is 13.3. The summed E-state index contributed by atoms with van der Waals surface area (Å²) in [7, 11) is 0. The zero-order valence-corrected chi connectivity index (χ0v) is 18.9. The summed E-state index contributed by atoms with van der Waals surface area (Å²) in [6.07, 6.45) is 7.97. The van der Waals surface area contributed by atoms with Gasteiger partial charge in [0.1, 0.15) is 12.2 Å². The SMILES string of the molecule is CC(C)c1cn(CC(=O)Nc2cncc(C(=O)c3cn(C(C)C)c4nc(N)ncc34)c2)nn1. The number of aromatic nitrogens is 7. The van der Waals surface area contributed by atoms with Crippen LogP contribution in [0, 0.1) is 0 Å². The first kappa shape index (κ1) is 22.1. The Bertz CT molecular complexity index is 1340. The molecule has 4 heterocycles. The molecule has 0 spiro atoms. The number of ketones is 1. The summed E-state index contributed by atoms with van der Waals surface area (Å²) in [5.41, 5.74) is 8.32. The molecule has 0 saturated heterocycles. The van der Waals surface area contributed by atoms with Crippen molar-refractivity contribution in [2.75, 3.05) is 11.1 Å². The molecule has 1 amide bonds. The lowest BCUT2D eigenvalue weighted by molar-refractivity contribution is -0.116. The van der Waals surface area contributed by atoms with Gasteiger partial charge in [-0.3, -0.25) is 14.6 Å². The summed E-state index contributed by atoms with van der Waals surface area (Å²) in [5.74, 6) is -0.200. The number of carbonyl (C=O) groups is 2. The second-order valence-corrected chi connectivity index (χ2v) is 8.34. The van der Waals surface area contributed by atoms with Gasteiger partial charge in [0.25, 0.3) is 0 Å². The van der Waals surface area contributed by atoms with E-state index < -0.39 is 0 Å². The third-order valence-corrected chi connectivity index (χ3v) is 5.13. The number of anilines is 2. The van der Waals surface area contributed by atoms with Gasteiger partial charge in [0, 0.05) is 41.8 Å². The number of fused-ring (bicyclic) bond motifs is 1. The number of pyridine rings is 1. The summed E-state index contributed by atoms with van der Waals surface area (Å²) < 4.78 is 3.35. The molecule has 0 aliphatic carbocycles. The number of nitrogens with two attached hydrogens (primary N) is 1. The first-order valence-corrected chi connectivity index (χ1v) is 10.6. The molecule has 0 saturated carbocycles. The summed E-state index contributed by atoms with van der Waals surface area (Å²) in [6, 6.07) is 1.66. The molecular formula is C22H25N9O2. The van der Waals surface area contributed by atoms with E-state index in [0.29, 0.717) is 27.8 Å². The Kier molecular flexibility index (Phi) is 5.86. The van der Waals surface area contributed by atoms with Gasteiger partial charge in [-0.15, -0.1) is 5.10 Å². The van der Waals surface area contributed by atoms with Gasteiger partial charge in [0.05, 0.1) is 23.1 Å². The first-order valence-electron chi connectivity index (χ1n) is 10.6. The van der Waals surface area contributed by atoms with Crippen LogP contribution in [0.25, 0.3) is 11.0 Å². The van der Waals surface area contributed by atoms with Crippen LogP contribution in [0.15, 0.2) is 37.1 Å². The van der Waals surface area contributed by atoms with Crippen LogP contribution in [0.5, 0.6) is 0 Å². The molecule has 3 N–H and O–H groups in total. The van der Waals surface area contributed by atoms with Crippen molar-refractivity contribution in [2.45, 2.75) is 46.2 Å². The van der Waals surface area contributed by atoms with Crippen LogP contribution >= 0.6 is 0 Å². The summed E-state index contributed by atoms with van der Waals surface area (Å²) in [6.45, 7) is 7.98. The molecule has 11 heteroatoms. The molecule has 0 aliphatic heterocycles. The smallest absolute Gasteiger partial charge is 0.246 e. The largest absolute Gasteiger partial charge is 0.368 e. The molecule has 0 bridgehead atoms. The minimum absolute atomic E-state index is 0.00146. The van der Waals surface area contributed by atoms with Gasteiger partial charge in [-0.1, -0.05) is 19.1 Å². The Morgan fingerprint density at radius 3 is 2.61 bits per heavy atom. The molecule has 0 radical (unpaired) electrons. The topological polar surface area (TPSA) is 146 Å². The molecule has 0 aromatic carbocycles. The van der Waals surface area contributed by atoms with Crippen LogP contribution < -0.4 is 11.1 Å². The normalized spacial score (nSPS) is 11.5. The quantitative estimate of drug-likeness (QED) is 0.411. The molecular weight excluding hydrogens is 422 g/mol. The molecule has 170 valence electrons. The molecule has 0 unspecified atom stereocenters. The van der Waals surface area contributed by atoms with Crippen LogP contribution in [0.1, 0.15) is 61.3 Å². The van der Waals surface area contributed by atoms with Crippen LogP contribution in [-0.2, 0) is 11.3 Å². The van der Waals surface area contributed by atoms with Crippen molar-refractivity contribution in [3.8, 4) is 0 Å². The highest BCUT2D eigenvalue weighted by molar-refractivity contribution is 6.16. The van der Waals surface area contributed by atoms with E-state index in [0.717, 1.165) is 5.69 Å². The zero-order chi connectivity index (χ0) is 23.7. The Morgan fingerprint density at radius 2 is 1.91 bits per heavy atom. The van der Waals surface area contributed by atoms with E-state index in [1.165, 1.54) is 17.1 Å². The summed E-state index contributed by atoms with van der Waals surface area (Å²) in [4.78, 5) is 38.2. The van der Waals surface area contributed by atoms with Gasteiger partial charge in [-0.25, -0.2) is 9.67 Å². The maximum atomic E-state index is 13.3. The third kappa shape index (κ3) is 4.56. The van der Waals surface area contributed by atoms with Gasteiger partial charge >= 0.3 is 0 Å². The Labute approximate surface area is 190 Å². The summed E-state index contributed by atoms with van der Waals surface area (Å²) in [5, 5.41) is 11.4. The lowest BCUT2D eigenvalue weighted by atomic mass is 10.1. The second-order valence-electron chi connectivity index (χ2n) is 8.34. The minimum Gasteiger partial charge on any atom is -0.368 e. The predicted octanol–water partition coefficient (Wildman–Crippen LogP) is 2.57. The van der Waals surface area contributed by atoms with E-state index in [9.17, 15) is 9.59 Å². The van der Waals surface area contributed by atoms with Gasteiger partial charge in [0.2, 0.25) is 11.9 Å². The number of rotatable bonds is 7. The van der Waals surface area contributed by atoms with Gasteiger partial charge in [0.15, 0.2) is 5.78 Å².